The summed E-state index contributed by atoms with van der Waals surface area (Å²) in [7, 11) is -0.145. The van der Waals surface area contributed by atoms with E-state index in [4.69, 9.17) is 40.1 Å². The minimum atomic E-state index is -5.17. The average Bonchev–Trinajstić information content (AvgIpc) is 3.60. The Hall–Kier alpha value is -4.44. The highest BCUT2D eigenvalue weighted by atomic mass is 32.1. The van der Waals surface area contributed by atoms with Gasteiger partial charge in [-0.3, -0.25) is 23.8 Å². The Morgan fingerprint density at radius 1 is 0.912 bits per heavy atom. The number of nitriles is 1. The van der Waals surface area contributed by atoms with Gasteiger partial charge in [-0.25, -0.2) is 0 Å². The zero-order chi connectivity index (χ0) is 50.4. The van der Waals surface area contributed by atoms with Gasteiger partial charge < -0.3 is 32.8 Å². The van der Waals surface area contributed by atoms with Crippen molar-refractivity contribution in [3.63, 3.8) is 0 Å². The Morgan fingerprint density at radius 3 is 1.91 bits per heavy atom. The number of amides is 1. The number of benzene rings is 3. The van der Waals surface area contributed by atoms with Gasteiger partial charge in [-0.2, -0.15) is 18.4 Å². The van der Waals surface area contributed by atoms with Gasteiger partial charge in [0.1, 0.15) is 43.7 Å². The number of carbonyl (C=O) groups is 1. The van der Waals surface area contributed by atoms with Crippen molar-refractivity contribution in [2.75, 3.05) is 34.0 Å². The highest BCUT2D eigenvalue weighted by molar-refractivity contribution is 7.71. The zero-order valence-corrected chi connectivity index (χ0v) is 43.6. The molecule has 1 unspecified atom stereocenters. The fourth-order valence-electron chi connectivity index (χ4n) is 8.11. The van der Waals surface area contributed by atoms with E-state index in [1.807, 2.05) is 78.9 Å². The molecule has 3 aromatic carbocycles. The number of H-pyrrole nitrogens is 1. The van der Waals surface area contributed by atoms with Gasteiger partial charge in [0, 0.05) is 37.9 Å². The number of methoxy groups -OCH3 is 2. The fourth-order valence-corrected chi connectivity index (χ4v) is 11.9. The molecular weight excluding hydrogens is 935 g/mol. The summed E-state index contributed by atoms with van der Waals surface area (Å²) in [5.74, 6) is -0.833. The van der Waals surface area contributed by atoms with Crippen molar-refractivity contribution < 1.29 is 45.9 Å². The van der Waals surface area contributed by atoms with E-state index >= 15 is 0 Å². The van der Waals surface area contributed by atoms with Crippen molar-refractivity contribution in [3.8, 4) is 17.6 Å². The Bertz CT molecular complexity index is 2410. The minimum Gasteiger partial charge on any atom is -0.497 e. The topological polar surface area (TPSA) is 141 Å². The molecule has 1 aliphatic rings. The third-order valence-electron chi connectivity index (χ3n) is 12.4. The lowest BCUT2D eigenvalue weighted by atomic mass is 9.80. The van der Waals surface area contributed by atoms with Crippen LogP contribution in [0.25, 0.3) is 0 Å². The Labute approximate surface area is 405 Å². The number of aromatic amines is 1. The van der Waals surface area contributed by atoms with Gasteiger partial charge in [0.15, 0.2) is 19.3 Å². The summed E-state index contributed by atoms with van der Waals surface area (Å²) in [5.41, 5.74) is 0.104. The molecule has 0 bridgehead atoms. The number of aromatic nitrogens is 2. The highest BCUT2D eigenvalue weighted by Crippen LogP contribution is 2.52. The molecule has 1 aliphatic heterocycles. The molecule has 1 aromatic heterocycles. The van der Waals surface area contributed by atoms with Crippen molar-refractivity contribution in [1.82, 2.24) is 19.1 Å². The Morgan fingerprint density at radius 2 is 1.44 bits per heavy atom. The summed E-state index contributed by atoms with van der Waals surface area (Å²) in [5, 5.41) is 9.59. The average molecular weight is 1000 g/mol. The number of rotatable bonds is 20. The van der Waals surface area contributed by atoms with Crippen LogP contribution in [0.5, 0.6) is 11.5 Å². The number of alkyl halides is 3. The number of ether oxygens (including phenoxy) is 4. The lowest BCUT2D eigenvalue weighted by molar-refractivity contribution is -0.184. The maximum atomic E-state index is 13.6. The van der Waals surface area contributed by atoms with E-state index in [1.54, 1.807) is 14.2 Å². The second-order valence-electron chi connectivity index (χ2n) is 18.8. The molecule has 0 radical (unpaired) electrons. The van der Waals surface area contributed by atoms with Crippen LogP contribution in [0.1, 0.15) is 83.4 Å². The predicted octanol–water partition coefficient (Wildman–Crippen LogP) is 10.5. The number of hydrogen-bond acceptors (Lipinski definition) is 11. The van der Waals surface area contributed by atoms with E-state index < -0.39 is 70.9 Å². The van der Waals surface area contributed by atoms with Crippen LogP contribution in [0.15, 0.2) is 89.9 Å². The summed E-state index contributed by atoms with van der Waals surface area (Å²) in [4.78, 5) is 28.7. The molecule has 68 heavy (non-hydrogen) atoms. The van der Waals surface area contributed by atoms with Gasteiger partial charge >= 0.3 is 12.1 Å². The third-order valence-corrected chi connectivity index (χ3v) is 19.8. The Balaban J connectivity index is 1.78. The number of halogens is 3. The first-order valence-electron chi connectivity index (χ1n) is 22.5. The molecule has 4 aromatic rings. The minimum absolute atomic E-state index is 0.00929. The molecule has 13 nitrogen and oxygen atoms in total. The fraction of sp³-hybridized carbons (Fsp3) is 0.510. The van der Waals surface area contributed by atoms with Gasteiger partial charge in [-0.15, -0.1) is 0 Å². The molecule has 5 atom stereocenters. The number of nitrogens with one attached hydrogen (secondary N) is 1. The van der Waals surface area contributed by atoms with Gasteiger partial charge in [-0.1, -0.05) is 75.4 Å². The number of hydrogen-bond donors (Lipinski definition) is 1. The van der Waals surface area contributed by atoms with Crippen molar-refractivity contribution in [2.45, 2.75) is 128 Å². The van der Waals surface area contributed by atoms with Crippen LogP contribution < -0.4 is 15.0 Å². The summed E-state index contributed by atoms with van der Waals surface area (Å²) in [6, 6.07) is 27.3. The van der Waals surface area contributed by atoms with E-state index in [9.17, 15) is 28.0 Å². The number of carbonyl (C=O) groups excluding carboxylic acids is 1. The SMILES string of the molecule is COc1ccc(C(OC[C@H]2O[C@@H](n3cc(CN(C)C(=O)C(F)(F)F)c(=O)[nH]c3=S)[C@H](O[Si](C)(C)C(C)(C)C)[C@@H]2OP(CCC#N)N(C(C)C)C(C)C)(c2ccccc2)c2ccc(OC)cc2)cc1. The van der Waals surface area contributed by atoms with Crippen molar-refractivity contribution in [2.24, 2.45) is 0 Å². The maximum absolute atomic E-state index is 13.6. The van der Waals surface area contributed by atoms with E-state index in [-0.39, 0.29) is 40.5 Å². The molecule has 5 rings (SSSR count). The molecule has 1 fully saturated rings. The molecule has 1 saturated heterocycles. The second kappa shape index (κ2) is 22.5. The van der Waals surface area contributed by atoms with Crippen molar-refractivity contribution in [1.29, 1.82) is 5.26 Å². The van der Waals surface area contributed by atoms with Crippen molar-refractivity contribution in [3.05, 3.63) is 122 Å². The van der Waals surface area contributed by atoms with Crippen LogP contribution in [0.2, 0.25) is 18.1 Å². The van der Waals surface area contributed by atoms with Gasteiger partial charge in [0.2, 0.25) is 0 Å². The molecular formula is C49H65F3N5O8PSSi. The maximum Gasteiger partial charge on any atom is 0.471 e. The number of nitrogens with zero attached hydrogens (tertiary/aromatic N) is 4. The van der Waals surface area contributed by atoms with Crippen LogP contribution >= 0.6 is 20.5 Å². The summed E-state index contributed by atoms with van der Waals surface area (Å²) < 4.78 is 84.9. The molecule has 0 saturated carbocycles. The van der Waals surface area contributed by atoms with E-state index in [2.05, 4.69) is 77.3 Å². The van der Waals surface area contributed by atoms with Gasteiger partial charge in [0.05, 0.1) is 39.0 Å². The summed E-state index contributed by atoms with van der Waals surface area (Å²) in [6.07, 6.45) is -7.17. The third kappa shape index (κ3) is 12.3. The second-order valence-corrected chi connectivity index (χ2v) is 25.8. The molecule has 1 N–H and O–H groups in total. The smallest absolute Gasteiger partial charge is 0.471 e. The van der Waals surface area contributed by atoms with Gasteiger partial charge in [0.25, 0.3) is 5.56 Å². The first-order valence-corrected chi connectivity index (χ1v) is 27.2. The van der Waals surface area contributed by atoms with E-state index in [0.717, 1.165) is 23.7 Å². The van der Waals surface area contributed by atoms with Gasteiger partial charge in [-0.05, 0) is 99.0 Å². The highest BCUT2D eigenvalue weighted by Gasteiger charge is 2.54. The zero-order valence-electron chi connectivity index (χ0n) is 40.9. The molecule has 1 amide bonds. The predicted molar refractivity (Wildman–Crippen MR) is 262 cm³/mol. The molecule has 2 heterocycles. The van der Waals surface area contributed by atoms with Crippen LogP contribution in [0.4, 0.5) is 13.2 Å². The molecule has 370 valence electrons. The Kier molecular flexibility index (Phi) is 18.1. The van der Waals surface area contributed by atoms with Crippen LogP contribution in [-0.4, -0.2) is 104 Å². The summed E-state index contributed by atoms with van der Waals surface area (Å²) in [6.45, 7) is 17.9. The van der Waals surface area contributed by atoms with E-state index in [0.29, 0.717) is 22.6 Å². The van der Waals surface area contributed by atoms with Crippen LogP contribution in [0, 0.1) is 16.1 Å². The normalized spacial score (nSPS) is 18.5. The largest absolute Gasteiger partial charge is 0.497 e. The lowest BCUT2D eigenvalue weighted by Crippen LogP contribution is -2.50. The lowest BCUT2D eigenvalue weighted by Gasteiger charge is -2.43. The molecule has 19 heteroatoms. The monoisotopic (exact) mass is 999 g/mol. The molecule has 0 aliphatic carbocycles. The quantitative estimate of drug-likeness (QED) is 0.0392. The molecule has 0 spiro atoms. The standard InChI is InChI=1S/C49H65F3N5O8PSSi/c1-32(2)57(33(3)4)66(28-16-27-53)64-41-40(31-62-48(35-17-14-13-15-18-35,36-19-23-38(60-9)24-20-36)37-21-25-39(61-10)26-22-37)63-44(42(41)65-68(11,12)47(5,6)7)56-30-34(43(58)54-46(56)67)29-55(8)45(59)49(50,51)52/h13-15,17-26,30,32-33,40-42,44H,16,28-29,31H2,1-12H3,(H,54,58,67)/t40-,41-,42-,44-,66?/m1/s1. The first kappa shape index (κ1) is 54.5. The summed E-state index contributed by atoms with van der Waals surface area (Å²) >= 11 is 5.81. The van der Waals surface area contributed by atoms with Crippen LogP contribution in [0.3, 0.4) is 0 Å². The van der Waals surface area contributed by atoms with Crippen LogP contribution in [-0.2, 0) is 35.4 Å². The first-order chi connectivity index (χ1) is 31.9. The van der Waals surface area contributed by atoms with E-state index in [1.165, 1.54) is 10.8 Å². The van der Waals surface area contributed by atoms with Crippen molar-refractivity contribution >= 4 is 34.7 Å².